The van der Waals surface area contributed by atoms with Gasteiger partial charge in [-0.15, -0.1) is 0 Å². The van der Waals surface area contributed by atoms with Crippen LogP contribution in [0.1, 0.15) is 17.3 Å². The summed E-state index contributed by atoms with van der Waals surface area (Å²) in [6.45, 7) is 2.76. The van der Waals surface area contributed by atoms with Crippen molar-refractivity contribution in [3.05, 3.63) is 78.9 Å². The molecule has 0 aliphatic carbocycles. The lowest BCUT2D eigenvalue weighted by Gasteiger charge is -2.13. The number of benzene rings is 2. The van der Waals surface area contributed by atoms with Crippen molar-refractivity contribution in [3.63, 3.8) is 0 Å². The van der Waals surface area contributed by atoms with Crippen molar-refractivity contribution in [2.45, 2.75) is 13.5 Å². The molecule has 5 aromatic rings. The molecule has 0 unspecified atom stereocenters. The number of fused-ring (bicyclic) bond motifs is 1. The highest BCUT2D eigenvalue weighted by atomic mass is 16.5. The molecule has 8 nitrogen and oxygen atoms in total. The third-order valence-corrected chi connectivity index (χ3v) is 5.67. The molecule has 0 aliphatic rings. The van der Waals surface area contributed by atoms with Crippen LogP contribution in [0.25, 0.3) is 44.7 Å². The van der Waals surface area contributed by atoms with Crippen LogP contribution in [-0.2, 0) is 6.54 Å². The largest absolute Gasteiger partial charge is 0.496 e. The first kappa shape index (κ1) is 21.3. The fourth-order valence-corrected chi connectivity index (χ4v) is 4.04. The van der Waals surface area contributed by atoms with E-state index in [2.05, 4.69) is 15.0 Å². The van der Waals surface area contributed by atoms with Crippen molar-refractivity contribution < 1.29 is 9.53 Å². The number of hydrogen-bond acceptors (Lipinski definition) is 6. The predicted molar refractivity (Wildman–Crippen MR) is 130 cm³/mol. The summed E-state index contributed by atoms with van der Waals surface area (Å²) in [5.74, 6) is -0.0312. The first-order valence-corrected chi connectivity index (χ1v) is 10.8. The van der Waals surface area contributed by atoms with E-state index in [1.165, 1.54) is 6.33 Å². The zero-order chi connectivity index (χ0) is 23.7. The molecule has 5 rings (SSSR count). The van der Waals surface area contributed by atoms with E-state index in [1.807, 2.05) is 60.3 Å². The van der Waals surface area contributed by atoms with Crippen LogP contribution >= 0.6 is 0 Å². The molecule has 2 aromatic carbocycles. The van der Waals surface area contributed by atoms with Gasteiger partial charge in [-0.2, -0.15) is 5.10 Å². The molecule has 3 aromatic heterocycles. The van der Waals surface area contributed by atoms with Crippen LogP contribution in [0.2, 0.25) is 0 Å². The van der Waals surface area contributed by atoms with Gasteiger partial charge in [-0.25, -0.2) is 9.97 Å². The molecule has 1 amide bonds. The summed E-state index contributed by atoms with van der Waals surface area (Å²) < 4.78 is 7.52. The van der Waals surface area contributed by atoms with Crippen LogP contribution in [0.3, 0.4) is 0 Å². The normalized spacial score (nSPS) is 11.0. The first-order valence-electron chi connectivity index (χ1n) is 10.8. The summed E-state index contributed by atoms with van der Waals surface area (Å²) >= 11 is 0. The highest BCUT2D eigenvalue weighted by Gasteiger charge is 2.21. The molecular weight excluding hydrogens is 428 g/mol. The summed E-state index contributed by atoms with van der Waals surface area (Å²) in [5.41, 5.74) is 11.1. The Kier molecular flexibility index (Phi) is 5.47. The number of aromatic nitrogens is 5. The Hall–Kier alpha value is -4.59. The van der Waals surface area contributed by atoms with Crippen molar-refractivity contribution in [3.8, 4) is 39.5 Å². The number of carbonyl (C=O) groups excluding carboxylic acids is 1. The second-order valence-electron chi connectivity index (χ2n) is 7.67. The standard InChI is InChI=1S/C26H22N6O2/c1-3-32-14-20(23(31-32)16-8-5-4-6-9-16)25-18-12-19(22(34-2)13-21(18)29-15-30-25)24-17(26(27)33)10-7-11-28-24/h4-15H,3H2,1-2H3,(H2,27,33). The van der Waals surface area contributed by atoms with E-state index < -0.39 is 5.91 Å². The van der Waals surface area contributed by atoms with E-state index in [0.29, 0.717) is 28.1 Å². The maximum absolute atomic E-state index is 12.1. The zero-order valence-electron chi connectivity index (χ0n) is 18.8. The van der Waals surface area contributed by atoms with Crippen LogP contribution in [0.4, 0.5) is 0 Å². The van der Waals surface area contributed by atoms with Gasteiger partial charge >= 0.3 is 0 Å². The van der Waals surface area contributed by atoms with Gasteiger partial charge in [0.1, 0.15) is 17.8 Å². The van der Waals surface area contributed by atoms with Gasteiger partial charge in [0, 0.05) is 47.1 Å². The lowest BCUT2D eigenvalue weighted by atomic mass is 9.98. The Labute approximate surface area is 196 Å². The highest BCUT2D eigenvalue weighted by Crippen LogP contribution is 2.39. The minimum Gasteiger partial charge on any atom is -0.496 e. The molecule has 34 heavy (non-hydrogen) atoms. The molecule has 0 saturated carbocycles. The SMILES string of the molecule is CCn1cc(-c2ncnc3cc(OC)c(-c4ncccc4C(N)=O)cc23)c(-c2ccccc2)n1. The van der Waals surface area contributed by atoms with Gasteiger partial charge in [0.05, 0.1) is 29.6 Å². The smallest absolute Gasteiger partial charge is 0.250 e. The number of pyridine rings is 1. The van der Waals surface area contributed by atoms with Crippen molar-refractivity contribution in [2.75, 3.05) is 7.11 Å². The molecule has 168 valence electrons. The summed E-state index contributed by atoms with van der Waals surface area (Å²) in [4.78, 5) is 25.6. The minimum atomic E-state index is -0.564. The molecule has 0 saturated heterocycles. The van der Waals surface area contributed by atoms with Crippen molar-refractivity contribution in [1.29, 1.82) is 0 Å². The number of ether oxygens (including phenoxy) is 1. The maximum atomic E-state index is 12.1. The molecule has 2 N–H and O–H groups in total. The lowest BCUT2D eigenvalue weighted by molar-refractivity contribution is 0.100. The van der Waals surface area contributed by atoms with Gasteiger partial charge in [0.25, 0.3) is 5.91 Å². The van der Waals surface area contributed by atoms with Gasteiger partial charge in [-0.05, 0) is 25.1 Å². The Morgan fingerprint density at radius 3 is 2.53 bits per heavy atom. The second-order valence-corrected chi connectivity index (χ2v) is 7.67. The van der Waals surface area contributed by atoms with Crippen LogP contribution in [0, 0.1) is 0 Å². The highest BCUT2D eigenvalue weighted by molar-refractivity contribution is 6.03. The third-order valence-electron chi connectivity index (χ3n) is 5.67. The first-order chi connectivity index (χ1) is 16.6. The zero-order valence-corrected chi connectivity index (χ0v) is 18.8. The summed E-state index contributed by atoms with van der Waals surface area (Å²) in [6, 6.07) is 17.0. The van der Waals surface area contributed by atoms with Gasteiger partial charge in [0.2, 0.25) is 0 Å². The van der Waals surface area contributed by atoms with E-state index in [4.69, 9.17) is 15.6 Å². The second kappa shape index (κ2) is 8.74. The number of nitrogens with two attached hydrogens (primary N) is 1. The fraction of sp³-hybridized carbons (Fsp3) is 0.115. The molecule has 0 atom stereocenters. The summed E-state index contributed by atoms with van der Waals surface area (Å²) in [7, 11) is 1.57. The van der Waals surface area contributed by atoms with E-state index in [-0.39, 0.29) is 0 Å². The summed E-state index contributed by atoms with van der Waals surface area (Å²) in [6.07, 6.45) is 5.14. The molecule has 0 fully saturated rings. The summed E-state index contributed by atoms with van der Waals surface area (Å²) in [5, 5.41) is 5.58. The van der Waals surface area contributed by atoms with Crippen LogP contribution in [0.15, 0.2) is 73.3 Å². The van der Waals surface area contributed by atoms with Crippen LogP contribution in [-0.4, -0.2) is 37.7 Å². The van der Waals surface area contributed by atoms with Crippen LogP contribution < -0.4 is 10.5 Å². The lowest BCUT2D eigenvalue weighted by Crippen LogP contribution is -2.13. The van der Waals surface area contributed by atoms with Gasteiger partial charge in [-0.3, -0.25) is 14.5 Å². The minimum absolute atomic E-state index is 0.308. The number of methoxy groups -OCH3 is 1. The van der Waals surface area contributed by atoms with Gasteiger partial charge in [0.15, 0.2) is 0 Å². The monoisotopic (exact) mass is 450 g/mol. The molecular formula is C26H22N6O2. The fourth-order valence-electron chi connectivity index (χ4n) is 4.04. The molecule has 0 spiro atoms. The topological polar surface area (TPSA) is 109 Å². The quantitative estimate of drug-likeness (QED) is 0.412. The number of amides is 1. The van der Waals surface area contributed by atoms with E-state index in [1.54, 1.807) is 25.4 Å². The third kappa shape index (κ3) is 3.65. The number of primary amides is 1. The predicted octanol–water partition coefficient (Wildman–Crippen LogP) is 4.35. The Morgan fingerprint density at radius 2 is 1.79 bits per heavy atom. The molecule has 0 bridgehead atoms. The molecule has 0 radical (unpaired) electrons. The molecule has 0 aliphatic heterocycles. The number of nitrogens with zero attached hydrogens (tertiary/aromatic N) is 5. The van der Waals surface area contributed by atoms with Crippen molar-refractivity contribution in [2.24, 2.45) is 5.73 Å². The average Bonchev–Trinajstić information content (AvgIpc) is 3.32. The van der Waals surface area contributed by atoms with E-state index >= 15 is 0 Å². The Morgan fingerprint density at radius 1 is 0.971 bits per heavy atom. The van der Waals surface area contributed by atoms with E-state index in [9.17, 15) is 4.79 Å². The number of aryl methyl sites for hydroxylation is 1. The van der Waals surface area contributed by atoms with Crippen molar-refractivity contribution in [1.82, 2.24) is 24.7 Å². The average molecular weight is 451 g/mol. The Bertz CT molecular complexity index is 1510. The Balaban J connectivity index is 1.80. The number of rotatable bonds is 6. The van der Waals surface area contributed by atoms with Crippen LogP contribution in [0.5, 0.6) is 5.75 Å². The van der Waals surface area contributed by atoms with Gasteiger partial charge < -0.3 is 10.5 Å². The maximum Gasteiger partial charge on any atom is 0.250 e. The molecule has 8 heteroatoms. The van der Waals surface area contributed by atoms with Crippen molar-refractivity contribution >= 4 is 16.8 Å². The van der Waals surface area contributed by atoms with E-state index in [0.717, 1.165) is 34.4 Å². The number of hydrogen-bond donors (Lipinski definition) is 1. The van der Waals surface area contributed by atoms with Gasteiger partial charge in [-0.1, -0.05) is 30.3 Å². The molecule has 3 heterocycles. The number of carbonyl (C=O) groups is 1.